The van der Waals surface area contributed by atoms with Crippen LogP contribution in [0.3, 0.4) is 0 Å². The molecule has 1 aromatic carbocycles. The van der Waals surface area contributed by atoms with E-state index < -0.39 is 0 Å². The molecule has 0 aromatic heterocycles. The molecule has 0 N–H and O–H groups in total. The fraction of sp³-hybridized carbons (Fsp3) is 0.438. The van der Waals surface area contributed by atoms with Gasteiger partial charge in [0, 0.05) is 13.1 Å². The number of rotatable bonds is 6. The summed E-state index contributed by atoms with van der Waals surface area (Å²) in [6.45, 7) is 7.69. The first-order valence-corrected chi connectivity index (χ1v) is 7.32. The van der Waals surface area contributed by atoms with Crippen LogP contribution in [-0.2, 0) is 11.2 Å². The molecule has 0 spiro atoms. The molecule has 21 heavy (non-hydrogen) atoms. The van der Waals surface area contributed by atoms with Crippen LogP contribution < -0.4 is 0 Å². The van der Waals surface area contributed by atoms with Gasteiger partial charge in [0.2, 0.25) is 0 Å². The van der Waals surface area contributed by atoms with Crippen molar-refractivity contribution >= 4 is 11.7 Å². The summed E-state index contributed by atoms with van der Waals surface area (Å²) in [6, 6.07) is 5.55. The Labute approximate surface area is 125 Å². The minimum atomic E-state index is -0.362. The summed E-state index contributed by atoms with van der Waals surface area (Å²) >= 11 is 0. The summed E-state index contributed by atoms with van der Waals surface area (Å²) in [4.78, 5) is 12.1. The lowest BCUT2D eigenvalue weighted by Crippen LogP contribution is -2.10. The van der Waals surface area contributed by atoms with Crippen LogP contribution in [0.25, 0.3) is 0 Å². The zero-order valence-electron chi connectivity index (χ0n) is 12.4. The molecule has 1 heterocycles. The second-order valence-corrected chi connectivity index (χ2v) is 4.91. The van der Waals surface area contributed by atoms with E-state index in [4.69, 9.17) is 4.74 Å². The largest absolute Gasteiger partial charge is 0.462 e. The highest BCUT2D eigenvalue weighted by atomic mass is 16.5. The fourth-order valence-electron chi connectivity index (χ4n) is 2.24. The second kappa shape index (κ2) is 7.57. The number of ether oxygens (including phenoxy) is 1. The Morgan fingerprint density at radius 2 is 2.19 bits per heavy atom. The normalized spacial score (nSPS) is 14.6. The number of allylic oxidation sites excluding steroid dienone is 1. The Balaban J connectivity index is 2.24. The Morgan fingerprint density at radius 1 is 1.43 bits per heavy atom. The summed E-state index contributed by atoms with van der Waals surface area (Å²) in [5.41, 5.74) is 2.01. The minimum Gasteiger partial charge on any atom is -0.462 e. The van der Waals surface area contributed by atoms with E-state index in [0.29, 0.717) is 24.3 Å². The highest BCUT2D eigenvalue weighted by Crippen LogP contribution is 2.23. The highest BCUT2D eigenvalue weighted by molar-refractivity contribution is 5.95. The number of nitrogens with zero attached hydrogens (tertiary/aromatic N) is 3. The van der Waals surface area contributed by atoms with Crippen molar-refractivity contribution in [1.82, 2.24) is 5.01 Å². The van der Waals surface area contributed by atoms with E-state index in [0.717, 1.165) is 31.5 Å². The standard InChI is InChI=1S/C16H21N3O2/c1-3-7-13-8-9-15(14(12-13)16(20)21-4-2)17-18-19-10-5-6-11-19/h3,8-9,12H,1,4-7,10-11H2,2H3. The van der Waals surface area contributed by atoms with E-state index in [-0.39, 0.29) is 5.97 Å². The molecule has 1 saturated heterocycles. The molecule has 5 heteroatoms. The van der Waals surface area contributed by atoms with Crippen LogP contribution in [0.2, 0.25) is 0 Å². The molecule has 0 amide bonds. The van der Waals surface area contributed by atoms with Crippen LogP contribution in [0.1, 0.15) is 35.7 Å². The van der Waals surface area contributed by atoms with Gasteiger partial charge in [0.05, 0.1) is 12.2 Å². The molecule has 112 valence electrons. The molecule has 5 nitrogen and oxygen atoms in total. The SMILES string of the molecule is C=CCc1ccc(N=NN2CCCC2)c(C(=O)OCC)c1. The number of carbonyl (C=O) groups is 1. The summed E-state index contributed by atoms with van der Waals surface area (Å²) in [6.07, 6.45) is 4.79. The molecule has 1 aliphatic heterocycles. The molecule has 0 bridgehead atoms. The number of hydrogen-bond acceptors (Lipinski definition) is 4. The smallest absolute Gasteiger partial charge is 0.340 e. The molecule has 1 aromatic rings. The van der Waals surface area contributed by atoms with Gasteiger partial charge in [-0.2, -0.15) is 0 Å². The number of carbonyl (C=O) groups excluding carboxylic acids is 1. The van der Waals surface area contributed by atoms with Gasteiger partial charge in [-0.3, -0.25) is 5.01 Å². The first kappa shape index (κ1) is 15.2. The summed E-state index contributed by atoms with van der Waals surface area (Å²) in [5, 5.41) is 10.3. The van der Waals surface area contributed by atoms with Gasteiger partial charge in [-0.25, -0.2) is 4.79 Å². The molecule has 1 aliphatic rings. The maximum absolute atomic E-state index is 12.1. The third kappa shape index (κ3) is 4.15. The van der Waals surface area contributed by atoms with E-state index in [1.165, 1.54) is 0 Å². The van der Waals surface area contributed by atoms with Crippen molar-refractivity contribution in [2.24, 2.45) is 10.3 Å². The first-order valence-electron chi connectivity index (χ1n) is 7.32. The van der Waals surface area contributed by atoms with Crippen molar-refractivity contribution in [2.45, 2.75) is 26.2 Å². The second-order valence-electron chi connectivity index (χ2n) is 4.91. The van der Waals surface area contributed by atoms with Crippen LogP contribution in [-0.4, -0.2) is 30.7 Å². The van der Waals surface area contributed by atoms with Crippen molar-refractivity contribution in [3.8, 4) is 0 Å². The van der Waals surface area contributed by atoms with E-state index in [9.17, 15) is 4.79 Å². The van der Waals surface area contributed by atoms with Crippen molar-refractivity contribution < 1.29 is 9.53 Å². The maximum atomic E-state index is 12.1. The van der Waals surface area contributed by atoms with Crippen molar-refractivity contribution in [2.75, 3.05) is 19.7 Å². The molecule has 2 rings (SSSR count). The average molecular weight is 287 g/mol. The molecule has 0 saturated carbocycles. The van der Waals surface area contributed by atoms with Crippen LogP contribution in [0, 0.1) is 0 Å². The Bertz CT molecular complexity index is 534. The molecule has 0 unspecified atom stereocenters. The monoisotopic (exact) mass is 287 g/mol. The van der Waals surface area contributed by atoms with Gasteiger partial charge in [0.15, 0.2) is 0 Å². The number of benzene rings is 1. The Hall–Kier alpha value is -2.17. The minimum absolute atomic E-state index is 0.341. The molecular formula is C16H21N3O2. The zero-order valence-corrected chi connectivity index (χ0v) is 12.4. The van der Waals surface area contributed by atoms with Gasteiger partial charge < -0.3 is 4.74 Å². The van der Waals surface area contributed by atoms with E-state index in [1.54, 1.807) is 19.1 Å². The lowest BCUT2D eigenvalue weighted by molar-refractivity contribution is 0.0527. The quantitative estimate of drug-likeness (QED) is 0.455. The molecule has 1 fully saturated rings. The number of hydrogen-bond donors (Lipinski definition) is 0. The lowest BCUT2D eigenvalue weighted by Gasteiger charge is -2.09. The third-order valence-corrected chi connectivity index (χ3v) is 3.30. The topological polar surface area (TPSA) is 54.3 Å². The molecule has 0 atom stereocenters. The number of esters is 1. The van der Waals surface area contributed by atoms with Crippen LogP contribution in [0.15, 0.2) is 41.2 Å². The maximum Gasteiger partial charge on any atom is 0.340 e. The average Bonchev–Trinajstić information content (AvgIpc) is 2.99. The third-order valence-electron chi connectivity index (χ3n) is 3.30. The Morgan fingerprint density at radius 3 is 2.86 bits per heavy atom. The summed E-state index contributed by atoms with van der Waals surface area (Å²) in [5.74, 6) is -0.362. The van der Waals surface area contributed by atoms with Gasteiger partial charge in [0.1, 0.15) is 5.69 Å². The summed E-state index contributed by atoms with van der Waals surface area (Å²) < 4.78 is 5.09. The van der Waals surface area contributed by atoms with Gasteiger partial charge in [-0.15, -0.1) is 11.7 Å². The van der Waals surface area contributed by atoms with Crippen LogP contribution in [0.5, 0.6) is 0 Å². The van der Waals surface area contributed by atoms with Crippen molar-refractivity contribution in [3.05, 3.63) is 42.0 Å². The predicted octanol–water partition coefficient (Wildman–Crippen LogP) is 3.69. The first-order chi connectivity index (χ1) is 10.2. The van der Waals surface area contributed by atoms with E-state index in [1.807, 2.05) is 17.1 Å². The van der Waals surface area contributed by atoms with Gasteiger partial charge >= 0.3 is 5.97 Å². The molecule has 0 radical (unpaired) electrons. The van der Waals surface area contributed by atoms with Gasteiger partial charge in [0.25, 0.3) is 0 Å². The lowest BCUT2D eigenvalue weighted by atomic mass is 10.1. The van der Waals surface area contributed by atoms with Gasteiger partial charge in [-0.05, 0) is 43.9 Å². The Kier molecular flexibility index (Phi) is 5.49. The zero-order chi connectivity index (χ0) is 15.1. The van der Waals surface area contributed by atoms with Crippen molar-refractivity contribution in [1.29, 1.82) is 0 Å². The van der Waals surface area contributed by atoms with Crippen molar-refractivity contribution in [3.63, 3.8) is 0 Å². The van der Waals surface area contributed by atoms with Crippen LogP contribution >= 0.6 is 0 Å². The van der Waals surface area contributed by atoms with E-state index in [2.05, 4.69) is 16.9 Å². The molecule has 0 aliphatic carbocycles. The van der Waals surface area contributed by atoms with Gasteiger partial charge in [-0.1, -0.05) is 17.4 Å². The summed E-state index contributed by atoms with van der Waals surface area (Å²) in [7, 11) is 0. The highest BCUT2D eigenvalue weighted by Gasteiger charge is 2.14. The predicted molar refractivity (Wildman–Crippen MR) is 81.6 cm³/mol. The van der Waals surface area contributed by atoms with Crippen LogP contribution in [0.4, 0.5) is 5.69 Å². The van der Waals surface area contributed by atoms with E-state index >= 15 is 0 Å². The molecular weight excluding hydrogens is 266 g/mol. The fourth-order valence-corrected chi connectivity index (χ4v) is 2.24.